The second kappa shape index (κ2) is 6.77. The van der Waals surface area contributed by atoms with E-state index in [1.807, 2.05) is 19.2 Å². The molecule has 0 spiro atoms. The molecule has 4 heteroatoms. The third-order valence-corrected chi connectivity index (χ3v) is 4.49. The van der Waals surface area contributed by atoms with Gasteiger partial charge in [-0.25, -0.2) is 0 Å². The maximum absolute atomic E-state index is 5.53. The van der Waals surface area contributed by atoms with Crippen molar-refractivity contribution in [1.29, 1.82) is 0 Å². The van der Waals surface area contributed by atoms with Gasteiger partial charge in [0.2, 0.25) is 0 Å². The number of nitrogens with one attached hydrogen (secondary N) is 1. The lowest BCUT2D eigenvalue weighted by Gasteiger charge is -2.20. The van der Waals surface area contributed by atoms with E-state index in [0.29, 0.717) is 0 Å². The Morgan fingerprint density at radius 2 is 2.00 bits per heavy atom. The summed E-state index contributed by atoms with van der Waals surface area (Å²) in [6.45, 7) is 2.18. The van der Waals surface area contributed by atoms with Crippen LogP contribution in [0.1, 0.15) is 29.0 Å². The minimum absolute atomic E-state index is 0.144. The van der Waals surface area contributed by atoms with Crippen LogP contribution in [0.2, 0.25) is 0 Å². The highest BCUT2D eigenvalue weighted by Gasteiger charge is 2.20. The maximum atomic E-state index is 5.53. The van der Waals surface area contributed by atoms with E-state index in [9.17, 15) is 0 Å². The van der Waals surface area contributed by atoms with E-state index in [4.69, 9.17) is 9.47 Å². The Morgan fingerprint density at radius 3 is 2.60 bits per heavy atom. The van der Waals surface area contributed by atoms with Gasteiger partial charge in [-0.2, -0.15) is 0 Å². The molecule has 0 saturated heterocycles. The van der Waals surface area contributed by atoms with Crippen LogP contribution in [-0.2, 0) is 6.42 Å². The summed E-state index contributed by atoms with van der Waals surface area (Å²) in [5.74, 6) is 1.65. The van der Waals surface area contributed by atoms with E-state index in [0.717, 1.165) is 23.5 Å². The molecule has 2 aromatic rings. The third-order valence-electron chi connectivity index (χ3n) is 3.46. The number of hydrogen-bond acceptors (Lipinski definition) is 4. The molecule has 1 heterocycles. The Hall–Kier alpha value is -1.52. The molecule has 0 radical (unpaired) electrons. The standard InChI is InChI=1S/C16H21NO2S/c1-5-11-8-9-20-16(11)15(17-2)13-7-6-12(18-3)10-14(13)19-4/h6-10,15,17H,5H2,1-4H3. The van der Waals surface area contributed by atoms with Gasteiger partial charge in [0.25, 0.3) is 0 Å². The molecule has 1 N–H and O–H groups in total. The first kappa shape index (κ1) is 14.9. The Labute approximate surface area is 124 Å². The molecule has 108 valence electrons. The van der Waals surface area contributed by atoms with Crippen LogP contribution in [0.3, 0.4) is 0 Å². The van der Waals surface area contributed by atoms with E-state index in [1.54, 1.807) is 25.6 Å². The van der Waals surface area contributed by atoms with Crippen LogP contribution >= 0.6 is 11.3 Å². The smallest absolute Gasteiger partial charge is 0.127 e. The number of benzene rings is 1. The fourth-order valence-corrected chi connectivity index (χ4v) is 3.50. The first-order chi connectivity index (χ1) is 9.74. The first-order valence-electron chi connectivity index (χ1n) is 6.70. The van der Waals surface area contributed by atoms with E-state index in [2.05, 4.69) is 29.8 Å². The Kier molecular flexibility index (Phi) is 5.04. The molecule has 1 unspecified atom stereocenters. The minimum atomic E-state index is 0.144. The number of rotatable bonds is 6. The first-order valence-corrected chi connectivity index (χ1v) is 7.58. The number of aryl methyl sites for hydroxylation is 1. The summed E-state index contributed by atoms with van der Waals surface area (Å²) in [5, 5.41) is 5.54. The third kappa shape index (κ3) is 2.81. The summed E-state index contributed by atoms with van der Waals surface area (Å²) in [6, 6.07) is 8.31. The Bertz CT molecular complexity index is 565. The molecule has 0 bridgehead atoms. The van der Waals surface area contributed by atoms with E-state index >= 15 is 0 Å². The van der Waals surface area contributed by atoms with Gasteiger partial charge in [-0.3, -0.25) is 0 Å². The summed E-state index contributed by atoms with van der Waals surface area (Å²) >= 11 is 1.78. The molecule has 1 aromatic carbocycles. The van der Waals surface area contributed by atoms with Gasteiger partial charge in [-0.1, -0.05) is 6.92 Å². The highest BCUT2D eigenvalue weighted by Crippen LogP contribution is 2.36. The largest absolute Gasteiger partial charge is 0.497 e. The predicted octanol–water partition coefficient (Wildman–Crippen LogP) is 3.64. The van der Waals surface area contributed by atoms with E-state index in [-0.39, 0.29) is 6.04 Å². The van der Waals surface area contributed by atoms with Gasteiger partial charge in [0.1, 0.15) is 11.5 Å². The summed E-state index contributed by atoms with van der Waals surface area (Å²) in [5.41, 5.74) is 2.51. The molecule has 0 aliphatic carbocycles. The highest BCUT2D eigenvalue weighted by molar-refractivity contribution is 7.10. The quantitative estimate of drug-likeness (QED) is 0.881. The number of ether oxygens (including phenoxy) is 2. The van der Waals surface area contributed by atoms with Gasteiger partial charge >= 0.3 is 0 Å². The molecule has 0 fully saturated rings. The summed E-state index contributed by atoms with van der Waals surface area (Å²) < 4.78 is 10.8. The van der Waals surface area contributed by atoms with Gasteiger partial charge < -0.3 is 14.8 Å². The average Bonchev–Trinajstić information content (AvgIpc) is 2.96. The average molecular weight is 291 g/mol. The maximum Gasteiger partial charge on any atom is 0.127 e. The molecular weight excluding hydrogens is 270 g/mol. The van der Waals surface area contributed by atoms with Crippen molar-refractivity contribution < 1.29 is 9.47 Å². The normalized spacial score (nSPS) is 12.2. The van der Waals surface area contributed by atoms with Gasteiger partial charge in [0.15, 0.2) is 0 Å². The lowest BCUT2D eigenvalue weighted by Crippen LogP contribution is -2.18. The van der Waals surface area contributed by atoms with Crippen LogP contribution < -0.4 is 14.8 Å². The zero-order chi connectivity index (χ0) is 14.5. The van der Waals surface area contributed by atoms with Gasteiger partial charge in [0, 0.05) is 16.5 Å². The van der Waals surface area contributed by atoms with Crippen molar-refractivity contribution in [3.8, 4) is 11.5 Å². The minimum Gasteiger partial charge on any atom is -0.497 e. The van der Waals surface area contributed by atoms with Crippen molar-refractivity contribution in [3.63, 3.8) is 0 Å². The Balaban J connectivity index is 2.46. The topological polar surface area (TPSA) is 30.5 Å². The molecule has 0 amide bonds. The van der Waals surface area contributed by atoms with Gasteiger partial charge in [-0.15, -0.1) is 11.3 Å². The van der Waals surface area contributed by atoms with Crippen molar-refractivity contribution in [2.75, 3.05) is 21.3 Å². The van der Waals surface area contributed by atoms with E-state index in [1.165, 1.54) is 10.4 Å². The fraction of sp³-hybridized carbons (Fsp3) is 0.375. The van der Waals surface area contributed by atoms with Crippen molar-refractivity contribution in [2.45, 2.75) is 19.4 Å². The number of hydrogen-bond donors (Lipinski definition) is 1. The molecule has 20 heavy (non-hydrogen) atoms. The summed E-state index contributed by atoms with van der Waals surface area (Å²) in [6.07, 6.45) is 1.04. The summed E-state index contributed by atoms with van der Waals surface area (Å²) in [4.78, 5) is 1.35. The number of methoxy groups -OCH3 is 2. The SMILES string of the molecule is CCc1ccsc1C(NC)c1ccc(OC)cc1OC. The zero-order valence-corrected chi connectivity index (χ0v) is 13.2. The molecular formula is C16H21NO2S. The molecule has 3 nitrogen and oxygen atoms in total. The predicted molar refractivity (Wildman–Crippen MR) is 84.1 cm³/mol. The second-order valence-electron chi connectivity index (χ2n) is 4.49. The molecule has 2 rings (SSSR count). The van der Waals surface area contributed by atoms with Crippen molar-refractivity contribution in [1.82, 2.24) is 5.32 Å². The van der Waals surface area contributed by atoms with Crippen LogP contribution in [0.25, 0.3) is 0 Å². The van der Waals surface area contributed by atoms with Crippen LogP contribution in [-0.4, -0.2) is 21.3 Å². The van der Waals surface area contributed by atoms with Crippen LogP contribution in [0.5, 0.6) is 11.5 Å². The Morgan fingerprint density at radius 1 is 1.20 bits per heavy atom. The van der Waals surface area contributed by atoms with Crippen molar-refractivity contribution in [2.24, 2.45) is 0 Å². The second-order valence-corrected chi connectivity index (χ2v) is 5.44. The monoisotopic (exact) mass is 291 g/mol. The molecule has 0 saturated carbocycles. The zero-order valence-electron chi connectivity index (χ0n) is 12.4. The van der Waals surface area contributed by atoms with E-state index < -0.39 is 0 Å². The molecule has 1 aromatic heterocycles. The summed E-state index contributed by atoms with van der Waals surface area (Å²) in [7, 11) is 5.34. The number of thiophene rings is 1. The lowest BCUT2D eigenvalue weighted by molar-refractivity contribution is 0.388. The van der Waals surface area contributed by atoms with Gasteiger partial charge in [-0.05, 0) is 42.6 Å². The highest BCUT2D eigenvalue weighted by atomic mass is 32.1. The van der Waals surface area contributed by atoms with Crippen molar-refractivity contribution >= 4 is 11.3 Å². The van der Waals surface area contributed by atoms with Crippen LogP contribution in [0.15, 0.2) is 29.6 Å². The molecule has 0 aliphatic rings. The van der Waals surface area contributed by atoms with Crippen LogP contribution in [0.4, 0.5) is 0 Å². The molecule has 1 atom stereocenters. The van der Waals surface area contributed by atoms with Crippen molar-refractivity contribution in [3.05, 3.63) is 45.6 Å². The lowest BCUT2D eigenvalue weighted by atomic mass is 10.0. The molecule has 0 aliphatic heterocycles. The fourth-order valence-electron chi connectivity index (χ4n) is 2.38. The van der Waals surface area contributed by atoms with Crippen LogP contribution in [0, 0.1) is 0 Å². The van der Waals surface area contributed by atoms with Gasteiger partial charge in [0.05, 0.1) is 20.3 Å².